The maximum absolute atomic E-state index is 13.6. The highest BCUT2D eigenvalue weighted by molar-refractivity contribution is 6.02. The average Bonchev–Trinajstić information content (AvgIpc) is 2.75. The minimum atomic E-state index is -1.07. The Kier molecular flexibility index (Phi) is 4.97. The Bertz CT molecular complexity index is 997. The van der Waals surface area contributed by atoms with Crippen LogP contribution in [0.2, 0.25) is 0 Å². The molecule has 1 fully saturated rings. The third kappa shape index (κ3) is 3.51. The Hall–Kier alpha value is -3.36. The zero-order valence-corrected chi connectivity index (χ0v) is 16.6. The first kappa shape index (κ1) is 19.9. The van der Waals surface area contributed by atoms with Gasteiger partial charge in [0.05, 0.1) is 25.5 Å². The lowest BCUT2D eigenvalue weighted by molar-refractivity contribution is 0.0638. The van der Waals surface area contributed by atoms with Gasteiger partial charge in [0.1, 0.15) is 17.2 Å². The lowest BCUT2D eigenvalue weighted by atomic mass is 9.92. The third-order valence-corrected chi connectivity index (χ3v) is 5.53. The van der Waals surface area contributed by atoms with Crippen molar-refractivity contribution in [2.24, 2.45) is 0 Å². The van der Waals surface area contributed by atoms with E-state index < -0.39 is 23.2 Å². The number of anilines is 1. The number of amides is 2. The summed E-state index contributed by atoms with van der Waals surface area (Å²) in [6.45, 7) is 0.731. The van der Waals surface area contributed by atoms with E-state index in [2.05, 4.69) is 10.6 Å². The fourth-order valence-electron chi connectivity index (χ4n) is 3.87. The maximum atomic E-state index is 13.6. The second-order valence-electron chi connectivity index (χ2n) is 7.37. The van der Waals surface area contributed by atoms with Crippen LogP contribution in [-0.2, 0) is 0 Å². The number of carbonyl (C=O) groups is 2. The first-order chi connectivity index (χ1) is 14.3. The van der Waals surface area contributed by atoms with E-state index in [1.165, 1.54) is 14.2 Å². The maximum Gasteiger partial charge on any atom is 0.255 e. The van der Waals surface area contributed by atoms with E-state index in [4.69, 9.17) is 9.47 Å². The number of nitrogens with one attached hydrogen (secondary N) is 2. The Morgan fingerprint density at radius 2 is 1.57 bits per heavy atom. The summed E-state index contributed by atoms with van der Waals surface area (Å²) < 4.78 is 37.6. The molecule has 9 heteroatoms. The van der Waals surface area contributed by atoms with Gasteiger partial charge in [-0.2, -0.15) is 0 Å². The number of hydrogen-bond acceptors (Lipinski definition) is 5. The molecule has 2 amide bonds. The third-order valence-electron chi connectivity index (χ3n) is 5.53. The number of piperidine rings is 1. The quantitative estimate of drug-likeness (QED) is 0.803. The molecule has 2 N–H and O–H groups in total. The van der Waals surface area contributed by atoms with Crippen molar-refractivity contribution in [3.05, 3.63) is 53.1 Å². The standard InChI is InChI=1S/C21H21F2N3O4/c1-29-13-7-12(8-14(9-13)30-2)20(28)26-5-3-21(4-6-26)24-18-11-17(23)16(22)10-15(18)19(27)25-21/h7-11,24H,3-6H2,1-2H3,(H,25,27). The van der Waals surface area contributed by atoms with Crippen LogP contribution in [0.3, 0.4) is 0 Å². The van der Waals surface area contributed by atoms with Crippen LogP contribution in [0.5, 0.6) is 11.5 Å². The second-order valence-corrected chi connectivity index (χ2v) is 7.37. The number of halogens is 2. The lowest BCUT2D eigenvalue weighted by Gasteiger charge is -2.45. The molecule has 0 aromatic heterocycles. The summed E-state index contributed by atoms with van der Waals surface area (Å²) >= 11 is 0. The van der Waals surface area contributed by atoms with Gasteiger partial charge in [0.15, 0.2) is 11.6 Å². The average molecular weight is 417 g/mol. The van der Waals surface area contributed by atoms with Gasteiger partial charge < -0.3 is 25.0 Å². The molecule has 2 heterocycles. The monoisotopic (exact) mass is 417 g/mol. The van der Waals surface area contributed by atoms with Crippen molar-refractivity contribution in [3.8, 4) is 11.5 Å². The summed E-state index contributed by atoms with van der Waals surface area (Å²) in [5.41, 5.74) is -0.0841. The van der Waals surface area contributed by atoms with Crippen LogP contribution in [0.4, 0.5) is 14.5 Å². The van der Waals surface area contributed by atoms with E-state index in [-0.39, 0.29) is 17.2 Å². The molecular weight excluding hydrogens is 396 g/mol. The van der Waals surface area contributed by atoms with Crippen molar-refractivity contribution in [2.75, 3.05) is 32.6 Å². The largest absolute Gasteiger partial charge is 0.497 e. The fourth-order valence-corrected chi connectivity index (χ4v) is 3.87. The van der Waals surface area contributed by atoms with Crippen molar-refractivity contribution >= 4 is 17.5 Å². The molecule has 0 unspecified atom stereocenters. The number of rotatable bonds is 3. The van der Waals surface area contributed by atoms with Gasteiger partial charge in [-0.05, 0) is 18.2 Å². The molecule has 2 aliphatic rings. The van der Waals surface area contributed by atoms with Gasteiger partial charge in [-0.25, -0.2) is 8.78 Å². The number of fused-ring (bicyclic) bond motifs is 1. The molecule has 30 heavy (non-hydrogen) atoms. The molecule has 0 atom stereocenters. The van der Waals surface area contributed by atoms with Gasteiger partial charge in [0.2, 0.25) is 0 Å². The van der Waals surface area contributed by atoms with Gasteiger partial charge in [-0.1, -0.05) is 0 Å². The molecule has 2 aliphatic heterocycles. The molecular formula is C21H21F2N3O4. The smallest absolute Gasteiger partial charge is 0.255 e. The molecule has 2 aromatic carbocycles. The van der Waals surface area contributed by atoms with Crippen molar-refractivity contribution in [3.63, 3.8) is 0 Å². The van der Waals surface area contributed by atoms with E-state index in [1.54, 1.807) is 23.1 Å². The van der Waals surface area contributed by atoms with E-state index in [9.17, 15) is 18.4 Å². The van der Waals surface area contributed by atoms with Crippen molar-refractivity contribution in [2.45, 2.75) is 18.5 Å². The van der Waals surface area contributed by atoms with Crippen LogP contribution in [0.25, 0.3) is 0 Å². The first-order valence-corrected chi connectivity index (χ1v) is 9.46. The summed E-state index contributed by atoms with van der Waals surface area (Å²) in [5.74, 6) is -1.73. The minimum absolute atomic E-state index is 0.0570. The normalized spacial score (nSPS) is 17.1. The number of benzene rings is 2. The Morgan fingerprint density at radius 1 is 0.967 bits per heavy atom. The van der Waals surface area contributed by atoms with E-state index >= 15 is 0 Å². The van der Waals surface area contributed by atoms with Crippen molar-refractivity contribution in [1.29, 1.82) is 0 Å². The van der Waals surface area contributed by atoms with E-state index in [1.807, 2.05) is 0 Å². The summed E-state index contributed by atoms with van der Waals surface area (Å²) in [6.07, 6.45) is 0.814. The highest BCUT2D eigenvalue weighted by atomic mass is 19.2. The van der Waals surface area contributed by atoms with Crippen LogP contribution in [0.1, 0.15) is 33.6 Å². The van der Waals surface area contributed by atoms with Gasteiger partial charge >= 0.3 is 0 Å². The molecule has 158 valence electrons. The zero-order chi connectivity index (χ0) is 21.5. The number of hydrogen-bond donors (Lipinski definition) is 2. The van der Waals surface area contributed by atoms with E-state index in [0.717, 1.165) is 12.1 Å². The van der Waals surface area contributed by atoms with Crippen LogP contribution in [0.15, 0.2) is 30.3 Å². The van der Waals surface area contributed by atoms with Gasteiger partial charge in [-0.15, -0.1) is 0 Å². The predicted molar refractivity (Wildman–Crippen MR) is 105 cm³/mol. The van der Waals surface area contributed by atoms with Crippen molar-refractivity contribution < 1.29 is 27.8 Å². The minimum Gasteiger partial charge on any atom is -0.497 e. The van der Waals surface area contributed by atoms with Gasteiger partial charge in [0.25, 0.3) is 11.8 Å². The number of likely N-dealkylation sites (tertiary alicyclic amines) is 1. The molecule has 2 aromatic rings. The molecule has 0 aliphatic carbocycles. The molecule has 0 saturated carbocycles. The fraction of sp³-hybridized carbons (Fsp3) is 0.333. The zero-order valence-electron chi connectivity index (χ0n) is 16.6. The second kappa shape index (κ2) is 7.47. The SMILES string of the molecule is COc1cc(OC)cc(C(=O)N2CCC3(CC2)NC(=O)c2cc(F)c(F)cc2N3)c1. The highest BCUT2D eigenvalue weighted by Gasteiger charge is 2.41. The molecule has 4 rings (SSSR count). The Balaban J connectivity index is 1.51. The summed E-state index contributed by atoms with van der Waals surface area (Å²) in [5, 5.41) is 5.98. The Morgan fingerprint density at radius 3 is 2.17 bits per heavy atom. The van der Waals surface area contributed by atoms with Crippen LogP contribution >= 0.6 is 0 Å². The topological polar surface area (TPSA) is 79.9 Å². The van der Waals surface area contributed by atoms with Gasteiger partial charge in [0, 0.05) is 43.6 Å². The predicted octanol–water partition coefficient (Wildman–Crippen LogP) is 2.77. The van der Waals surface area contributed by atoms with Gasteiger partial charge in [-0.3, -0.25) is 9.59 Å². The molecule has 0 bridgehead atoms. The molecule has 1 spiro atoms. The molecule has 1 saturated heterocycles. The summed E-state index contributed by atoms with van der Waals surface area (Å²) in [4.78, 5) is 27.1. The highest BCUT2D eigenvalue weighted by Crippen LogP contribution is 2.33. The number of nitrogens with zero attached hydrogens (tertiary/aromatic N) is 1. The lowest BCUT2D eigenvalue weighted by Crippen LogP contribution is -2.62. The number of methoxy groups -OCH3 is 2. The number of ether oxygens (including phenoxy) is 2. The van der Waals surface area contributed by atoms with Crippen LogP contribution < -0.4 is 20.1 Å². The number of carbonyl (C=O) groups excluding carboxylic acids is 2. The van der Waals surface area contributed by atoms with Crippen molar-refractivity contribution in [1.82, 2.24) is 10.2 Å². The Labute approximate surface area is 172 Å². The van der Waals surface area contributed by atoms with Crippen LogP contribution in [-0.4, -0.2) is 49.7 Å². The molecule has 0 radical (unpaired) electrons. The molecule has 7 nitrogen and oxygen atoms in total. The summed E-state index contributed by atoms with van der Waals surface area (Å²) in [7, 11) is 3.02. The van der Waals surface area contributed by atoms with E-state index in [0.29, 0.717) is 43.0 Å². The first-order valence-electron chi connectivity index (χ1n) is 9.46. The summed E-state index contributed by atoms with van der Waals surface area (Å²) in [6, 6.07) is 6.84. The van der Waals surface area contributed by atoms with Crippen LogP contribution in [0, 0.1) is 11.6 Å².